The van der Waals surface area contributed by atoms with Gasteiger partial charge in [-0.25, -0.2) is 18.2 Å². The van der Waals surface area contributed by atoms with Gasteiger partial charge in [0.25, 0.3) is 10.0 Å². The van der Waals surface area contributed by atoms with Gasteiger partial charge >= 0.3 is 5.97 Å². The van der Waals surface area contributed by atoms with Crippen molar-refractivity contribution in [2.75, 3.05) is 7.11 Å². The van der Waals surface area contributed by atoms with Crippen molar-refractivity contribution in [3.05, 3.63) is 29.8 Å². The second-order valence-corrected chi connectivity index (χ2v) is 6.26. The number of esters is 1. The highest BCUT2D eigenvalue weighted by atomic mass is 32.2. The molecule has 0 spiro atoms. The zero-order valence-corrected chi connectivity index (χ0v) is 11.6. The molecular weight excluding hydrogens is 268 g/mol. The maximum atomic E-state index is 11.9. The van der Waals surface area contributed by atoms with Crippen molar-refractivity contribution in [3.8, 4) is 0 Å². The van der Waals surface area contributed by atoms with Gasteiger partial charge < -0.3 is 4.74 Å². The largest absolute Gasteiger partial charge is 0.467 e. The van der Waals surface area contributed by atoms with Gasteiger partial charge in [0, 0.05) is 5.56 Å². The van der Waals surface area contributed by atoms with Crippen LogP contribution in [0.2, 0.25) is 0 Å². The summed E-state index contributed by atoms with van der Waals surface area (Å²) in [5, 5.41) is 0. The van der Waals surface area contributed by atoms with Crippen LogP contribution in [0.4, 0.5) is 0 Å². The average Bonchev–Trinajstić information content (AvgIpc) is 2.60. The molecule has 0 radical (unpaired) electrons. The number of sulfonamides is 1. The summed E-state index contributed by atoms with van der Waals surface area (Å²) in [6.07, 6.45) is 0. The topological polar surface area (TPSA) is 84.8 Å². The molecular formula is C12H14N2O4S. The van der Waals surface area contributed by atoms with Gasteiger partial charge in [0.05, 0.1) is 12.0 Å². The Labute approximate surface area is 111 Å². The number of methoxy groups -OCH3 is 1. The number of hydrogen-bond donors (Lipinski definition) is 1. The highest BCUT2D eigenvalue weighted by Crippen LogP contribution is 2.24. The molecule has 6 nitrogen and oxygen atoms in total. The Morgan fingerprint density at radius 2 is 1.95 bits per heavy atom. The summed E-state index contributed by atoms with van der Waals surface area (Å²) in [4.78, 5) is 15.9. The molecule has 2 rings (SSSR count). The molecule has 0 amide bonds. The maximum absolute atomic E-state index is 11.9. The third-order valence-electron chi connectivity index (χ3n) is 2.74. The second kappa shape index (κ2) is 4.34. The first-order valence-corrected chi connectivity index (χ1v) is 7.07. The molecule has 0 aromatic heterocycles. The lowest BCUT2D eigenvalue weighted by molar-refractivity contribution is -0.145. The fourth-order valence-electron chi connectivity index (χ4n) is 1.79. The number of rotatable bonds is 2. The standard InChI is InChI=1S/C12H14N2O4S/c1-12(2,11(15)18-3)13-10-8-6-4-5-7-9(8)19(16,17)14-10/h4-7H,1-3H3,(H,13,14). The molecule has 1 aliphatic rings. The zero-order valence-electron chi connectivity index (χ0n) is 10.8. The van der Waals surface area contributed by atoms with E-state index in [-0.39, 0.29) is 10.7 Å². The summed E-state index contributed by atoms with van der Waals surface area (Å²) >= 11 is 0. The van der Waals surface area contributed by atoms with Crippen molar-refractivity contribution in [3.63, 3.8) is 0 Å². The molecule has 1 N–H and O–H groups in total. The van der Waals surface area contributed by atoms with Crippen LogP contribution in [-0.2, 0) is 19.6 Å². The van der Waals surface area contributed by atoms with Gasteiger partial charge in [-0.05, 0) is 26.0 Å². The van der Waals surface area contributed by atoms with Gasteiger partial charge in [0.2, 0.25) is 0 Å². The van der Waals surface area contributed by atoms with Crippen LogP contribution in [0.25, 0.3) is 0 Å². The van der Waals surface area contributed by atoms with Crippen LogP contribution in [0.3, 0.4) is 0 Å². The van der Waals surface area contributed by atoms with E-state index in [1.807, 2.05) is 0 Å². The highest BCUT2D eigenvalue weighted by molar-refractivity contribution is 7.90. The summed E-state index contributed by atoms with van der Waals surface area (Å²) in [6.45, 7) is 3.11. The van der Waals surface area contributed by atoms with Crippen LogP contribution in [0.5, 0.6) is 0 Å². The van der Waals surface area contributed by atoms with Crippen molar-refractivity contribution in [2.24, 2.45) is 4.99 Å². The van der Waals surface area contributed by atoms with Gasteiger partial charge in [-0.15, -0.1) is 0 Å². The van der Waals surface area contributed by atoms with Gasteiger partial charge in [-0.2, -0.15) is 0 Å². The molecule has 1 aromatic carbocycles. The van der Waals surface area contributed by atoms with Crippen molar-refractivity contribution in [1.82, 2.24) is 4.72 Å². The molecule has 19 heavy (non-hydrogen) atoms. The third-order valence-corrected chi connectivity index (χ3v) is 4.14. The van der Waals surface area contributed by atoms with E-state index in [0.29, 0.717) is 5.56 Å². The fourth-order valence-corrected chi connectivity index (χ4v) is 3.02. The normalized spacial score (nSPS) is 18.8. The van der Waals surface area contributed by atoms with Crippen molar-refractivity contribution >= 4 is 21.8 Å². The zero-order chi connectivity index (χ0) is 14.3. The number of aliphatic imine (C=N–C) groups is 1. The number of ether oxygens (including phenoxy) is 1. The number of fused-ring (bicyclic) bond motifs is 1. The summed E-state index contributed by atoms with van der Waals surface area (Å²) in [5.41, 5.74) is -0.705. The van der Waals surface area contributed by atoms with Crippen LogP contribution in [0.15, 0.2) is 34.2 Å². The minimum Gasteiger partial charge on any atom is -0.467 e. The summed E-state index contributed by atoms with van der Waals surface area (Å²) in [5.74, 6) is -0.380. The first kappa shape index (κ1) is 13.5. The molecule has 1 aliphatic heterocycles. The van der Waals surface area contributed by atoms with Crippen molar-refractivity contribution < 1.29 is 17.9 Å². The number of amidine groups is 1. The Kier molecular flexibility index (Phi) is 3.09. The Morgan fingerprint density at radius 1 is 1.32 bits per heavy atom. The molecule has 0 atom stereocenters. The van der Waals surface area contributed by atoms with Crippen LogP contribution < -0.4 is 4.72 Å². The molecule has 0 fully saturated rings. The van der Waals surface area contributed by atoms with Gasteiger partial charge in [0.1, 0.15) is 5.84 Å². The van der Waals surface area contributed by atoms with E-state index in [9.17, 15) is 13.2 Å². The fraction of sp³-hybridized carbons (Fsp3) is 0.333. The SMILES string of the molecule is COC(=O)C(C)(C)N=C1NS(=O)(=O)c2ccccc21. The van der Waals surface area contributed by atoms with E-state index < -0.39 is 21.5 Å². The molecule has 1 heterocycles. The van der Waals surface area contributed by atoms with Gasteiger partial charge in [-0.3, -0.25) is 4.72 Å². The van der Waals surface area contributed by atoms with E-state index >= 15 is 0 Å². The van der Waals surface area contributed by atoms with E-state index in [1.165, 1.54) is 13.2 Å². The lowest BCUT2D eigenvalue weighted by Gasteiger charge is -2.17. The molecule has 7 heteroatoms. The molecule has 0 bridgehead atoms. The summed E-state index contributed by atoms with van der Waals surface area (Å²) in [7, 11) is -2.33. The minimum absolute atomic E-state index is 0.158. The Hall–Kier alpha value is -1.89. The number of benzene rings is 1. The van der Waals surface area contributed by atoms with Crippen molar-refractivity contribution in [2.45, 2.75) is 24.3 Å². The quantitative estimate of drug-likeness (QED) is 0.808. The smallest absolute Gasteiger partial charge is 0.333 e. The number of nitrogens with one attached hydrogen (secondary N) is 1. The number of carbonyl (C=O) groups excluding carboxylic acids is 1. The molecule has 0 unspecified atom stereocenters. The van der Waals surface area contributed by atoms with E-state index in [0.717, 1.165) is 0 Å². The first-order chi connectivity index (χ1) is 8.78. The Morgan fingerprint density at radius 3 is 2.58 bits per heavy atom. The van der Waals surface area contributed by atoms with Gasteiger partial charge in [-0.1, -0.05) is 12.1 Å². The molecule has 1 aromatic rings. The lowest BCUT2D eigenvalue weighted by Crippen LogP contribution is -2.34. The molecule has 0 saturated carbocycles. The van der Waals surface area contributed by atoms with E-state index in [1.54, 1.807) is 32.0 Å². The molecule has 0 aliphatic carbocycles. The summed E-state index contributed by atoms with van der Waals surface area (Å²) in [6, 6.07) is 6.47. The second-order valence-electron chi connectivity index (χ2n) is 4.61. The Balaban J connectivity index is 2.53. The lowest BCUT2D eigenvalue weighted by atomic mass is 10.1. The van der Waals surface area contributed by atoms with Crippen LogP contribution in [0.1, 0.15) is 19.4 Å². The molecule has 102 valence electrons. The van der Waals surface area contributed by atoms with Crippen LogP contribution in [-0.4, -0.2) is 32.9 Å². The number of nitrogens with zero attached hydrogens (tertiary/aromatic N) is 1. The highest BCUT2D eigenvalue weighted by Gasteiger charge is 2.35. The predicted octanol–water partition coefficient (Wildman–Crippen LogP) is 0.677. The van der Waals surface area contributed by atoms with E-state index in [2.05, 4.69) is 14.5 Å². The Bertz CT molecular complexity index is 662. The third kappa shape index (κ3) is 2.33. The van der Waals surface area contributed by atoms with Gasteiger partial charge in [0.15, 0.2) is 5.54 Å². The van der Waals surface area contributed by atoms with Crippen LogP contribution >= 0.6 is 0 Å². The monoisotopic (exact) mass is 282 g/mol. The summed E-state index contributed by atoms with van der Waals surface area (Å²) < 4.78 is 30.7. The average molecular weight is 282 g/mol. The van der Waals surface area contributed by atoms with Crippen LogP contribution in [0, 0.1) is 0 Å². The minimum atomic E-state index is -3.59. The predicted molar refractivity (Wildman–Crippen MR) is 69.4 cm³/mol. The number of carbonyl (C=O) groups is 1. The van der Waals surface area contributed by atoms with E-state index in [4.69, 9.17) is 0 Å². The number of hydrogen-bond acceptors (Lipinski definition) is 5. The van der Waals surface area contributed by atoms with Crippen molar-refractivity contribution in [1.29, 1.82) is 0 Å². The molecule has 0 saturated heterocycles. The first-order valence-electron chi connectivity index (χ1n) is 5.58. The maximum Gasteiger partial charge on any atom is 0.333 e.